The fourth-order valence-corrected chi connectivity index (χ4v) is 6.54. The first-order chi connectivity index (χ1) is 21.4. The quantitative estimate of drug-likeness (QED) is 0.195. The molecule has 1 fully saturated rings. The Labute approximate surface area is 266 Å². The number of benzene rings is 2. The molecule has 0 saturated carbocycles. The highest BCUT2D eigenvalue weighted by Gasteiger charge is 2.28. The highest BCUT2D eigenvalue weighted by Crippen LogP contribution is 2.44. The number of aliphatic hydroxyl groups is 2. The summed E-state index contributed by atoms with van der Waals surface area (Å²) in [5, 5.41) is 27.0. The van der Waals surface area contributed by atoms with Crippen LogP contribution in [0.15, 0.2) is 48.5 Å². The number of nitrogens with zero attached hydrogens (tertiary/aromatic N) is 4. The molecule has 2 atom stereocenters. The van der Waals surface area contributed by atoms with E-state index >= 15 is 0 Å². The lowest BCUT2D eigenvalue weighted by molar-refractivity contribution is 0.154. The van der Waals surface area contributed by atoms with Gasteiger partial charge in [-0.15, -0.1) is 0 Å². The molecule has 2 aliphatic heterocycles. The van der Waals surface area contributed by atoms with Crippen molar-refractivity contribution in [3.63, 3.8) is 0 Å². The Kier molecular flexibility index (Phi) is 9.18. The first-order valence-corrected chi connectivity index (χ1v) is 15.2. The third-order valence-electron chi connectivity index (χ3n) is 8.06. The topological polar surface area (TPSA) is 125 Å². The number of methoxy groups -OCH3 is 2. The third-order valence-corrected chi connectivity index (χ3v) is 8.87. The van der Waals surface area contributed by atoms with Crippen LogP contribution < -0.4 is 25.0 Å². The Morgan fingerprint density at radius 1 is 0.909 bits per heavy atom. The highest BCUT2D eigenvalue weighted by molar-refractivity contribution is 6.39. The van der Waals surface area contributed by atoms with E-state index in [1.165, 1.54) is 0 Å². The molecule has 1 saturated heterocycles. The Bertz CT molecular complexity index is 1670. The summed E-state index contributed by atoms with van der Waals surface area (Å²) in [7, 11) is 3.17. The first-order valence-electron chi connectivity index (χ1n) is 14.4. The summed E-state index contributed by atoms with van der Waals surface area (Å²) in [6, 6.07) is 15.9. The maximum Gasteiger partial charge on any atom is 0.221 e. The minimum atomic E-state index is -0.424. The van der Waals surface area contributed by atoms with Crippen LogP contribution in [0.3, 0.4) is 0 Å². The zero-order valence-corrected chi connectivity index (χ0v) is 26.0. The van der Waals surface area contributed by atoms with Crippen LogP contribution in [0.2, 0.25) is 10.0 Å². The second-order valence-electron chi connectivity index (χ2n) is 10.8. The number of nitrogens with one attached hydrogen (secondary N) is 2. The number of aromatic nitrogens is 3. The molecule has 12 heteroatoms. The molecule has 4 aromatic rings. The maximum absolute atomic E-state index is 9.69. The van der Waals surface area contributed by atoms with Crippen molar-refractivity contribution in [3.8, 4) is 34.1 Å². The fraction of sp³-hybridized carbons (Fsp3) is 0.344. The molecule has 2 aromatic carbocycles. The molecule has 4 heterocycles. The Balaban J connectivity index is 1.25. The van der Waals surface area contributed by atoms with Crippen LogP contribution in [0, 0.1) is 0 Å². The zero-order chi connectivity index (χ0) is 30.8. The normalized spacial score (nSPS) is 17.6. The highest BCUT2D eigenvalue weighted by atomic mass is 35.5. The molecule has 6 rings (SSSR count). The van der Waals surface area contributed by atoms with Gasteiger partial charge in [-0.3, -0.25) is 5.32 Å². The monoisotopic (exact) mass is 636 g/mol. The van der Waals surface area contributed by atoms with Crippen LogP contribution in [0.25, 0.3) is 22.4 Å². The van der Waals surface area contributed by atoms with Gasteiger partial charge in [-0.25, -0.2) is 9.97 Å². The number of hydrogen-bond donors (Lipinski definition) is 4. The van der Waals surface area contributed by atoms with Gasteiger partial charge in [0.25, 0.3) is 0 Å². The lowest BCUT2D eigenvalue weighted by atomic mass is 10.00. The van der Waals surface area contributed by atoms with Crippen LogP contribution in [0.4, 0.5) is 5.69 Å². The molecule has 0 aliphatic carbocycles. The third kappa shape index (κ3) is 6.06. The number of hydrogen-bond acceptors (Lipinski definition) is 10. The van der Waals surface area contributed by atoms with Gasteiger partial charge in [-0.1, -0.05) is 59.6 Å². The molecule has 0 spiro atoms. The average molecular weight is 638 g/mol. The van der Waals surface area contributed by atoms with Gasteiger partial charge in [0.15, 0.2) is 5.82 Å². The standard InChI is InChI=1S/C32H34Cl2N6O4/c1-43-31-18(13-35-14-19-10-12-28(42)36-19)9-11-24(38-31)22-7-3-5-20(29(22)33)21-6-4-8-26(30(21)34)40-15-23-25(16-40)37-27(17-41)39-32(23)44-2/h3-9,11,19,28,35-36,41-42H,10,12-17H2,1-2H3/t19-,28?/m0/s1. The summed E-state index contributed by atoms with van der Waals surface area (Å²) >= 11 is 14.1. The minimum absolute atomic E-state index is 0.242. The summed E-state index contributed by atoms with van der Waals surface area (Å²) < 4.78 is 11.1. The van der Waals surface area contributed by atoms with Crippen molar-refractivity contribution in [2.45, 2.75) is 51.4 Å². The van der Waals surface area contributed by atoms with E-state index in [-0.39, 0.29) is 12.6 Å². The second-order valence-corrected chi connectivity index (χ2v) is 11.6. The molecule has 0 amide bonds. The Hall–Kier alpha value is -3.51. The van der Waals surface area contributed by atoms with Gasteiger partial charge in [0, 0.05) is 41.4 Å². The SMILES string of the molecule is COc1nc(-c2cccc(-c3cccc(N4Cc5nc(CO)nc(OC)c5C4)c3Cl)c2Cl)ccc1CNC[C@@H]1CCC(O)N1. The van der Waals surface area contributed by atoms with Crippen LogP contribution in [0.5, 0.6) is 11.8 Å². The summed E-state index contributed by atoms with van der Waals surface area (Å²) in [6.45, 7) is 2.08. The van der Waals surface area contributed by atoms with Crippen molar-refractivity contribution in [1.82, 2.24) is 25.6 Å². The molecule has 44 heavy (non-hydrogen) atoms. The molecule has 1 unspecified atom stereocenters. The van der Waals surface area contributed by atoms with Crippen molar-refractivity contribution >= 4 is 28.9 Å². The lowest BCUT2D eigenvalue weighted by Crippen LogP contribution is -2.37. The fourth-order valence-electron chi connectivity index (χ4n) is 5.86. The van der Waals surface area contributed by atoms with Crippen molar-refractivity contribution in [3.05, 3.63) is 81.2 Å². The molecule has 0 bridgehead atoms. The Morgan fingerprint density at radius 2 is 1.66 bits per heavy atom. The van der Waals surface area contributed by atoms with Crippen molar-refractivity contribution in [1.29, 1.82) is 0 Å². The summed E-state index contributed by atoms with van der Waals surface area (Å²) in [5.74, 6) is 1.30. The molecule has 10 nitrogen and oxygen atoms in total. The van der Waals surface area contributed by atoms with E-state index in [4.69, 9.17) is 37.7 Å². The largest absolute Gasteiger partial charge is 0.481 e. The zero-order valence-electron chi connectivity index (χ0n) is 24.5. The summed E-state index contributed by atoms with van der Waals surface area (Å²) in [4.78, 5) is 15.7. The predicted molar refractivity (Wildman–Crippen MR) is 170 cm³/mol. The number of anilines is 1. The van der Waals surface area contributed by atoms with E-state index in [2.05, 4.69) is 25.5 Å². The van der Waals surface area contributed by atoms with E-state index in [0.29, 0.717) is 53.0 Å². The number of halogens is 2. The molecule has 4 N–H and O–H groups in total. The van der Waals surface area contributed by atoms with Gasteiger partial charge in [0.1, 0.15) is 12.8 Å². The molecular formula is C32H34Cl2N6O4. The van der Waals surface area contributed by atoms with Gasteiger partial charge in [-0.2, -0.15) is 4.98 Å². The first kappa shape index (κ1) is 30.5. The van der Waals surface area contributed by atoms with Crippen LogP contribution in [0.1, 0.15) is 35.5 Å². The van der Waals surface area contributed by atoms with Crippen molar-refractivity contribution in [2.24, 2.45) is 0 Å². The molecule has 2 aliphatic rings. The van der Waals surface area contributed by atoms with Crippen molar-refractivity contribution in [2.75, 3.05) is 25.7 Å². The van der Waals surface area contributed by atoms with Crippen LogP contribution >= 0.6 is 23.2 Å². The average Bonchev–Trinajstić information content (AvgIpc) is 3.66. The van der Waals surface area contributed by atoms with E-state index < -0.39 is 6.23 Å². The van der Waals surface area contributed by atoms with Gasteiger partial charge in [0.05, 0.1) is 60.0 Å². The molecule has 230 valence electrons. The van der Waals surface area contributed by atoms with Crippen LogP contribution in [-0.4, -0.2) is 58.2 Å². The van der Waals surface area contributed by atoms with Crippen molar-refractivity contribution < 1.29 is 19.7 Å². The van der Waals surface area contributed by atoms with Gasteiger partial charge in [-0.05, 0) is 25.0 Å². The van der Waals surface area contributed by atoms with E-state index in [1.54, 1.807) is 14.2 Å². The van der Waals surface area contributed by atoms with E-state index in [0.717, 1.165) is 58.6 Å². The molecule has 0 radical (unpaired) electrons. The number of ether oxygens (including phenoxy) is 2. The predicted octanol–water partition coefficient (Wildman–Crippen LogP) is 4.70. The molecule has 2 aromatic heterocycles. The van der Waals surface area contributed by atoms with Gasteiger partial charge < -0.3 is 29.9 Å². The number of pyridine rings is 1. The Morgan fingerprint density at radius 3 is 2.39 bits per heavy atom. The number of aliphatic hydroxyl groups excluding tert-OH is 2. The maximum atomic E-state index is 9.69. The van der Waals surface area contributed by atoms with Gasteiger partial charge in [0.2, 0.25) is 11.8 Å². The smallest absolute Gasteiger partial charge is 0.221 e. The summed E-state index contributed by atoms with van der Waals surface area (Å²) in [5.41, 5.74) is 6.45. The van der Waals surface area contributed by atoms with Gasteiger partial charge >= 0.3 is 0 Å². The second kappa shape index (κ2) is 13.2. The van der Waals surface area contributed by atoms with E-state index in [1.807, 2.05) is 48.5 Å². The van der Waals surface area contributed by atoms with Crippen LogP contribution in [-0.2, 0) is 26.2 Å². The lowest BCUT2D eigenvalue weighted by Gasteiger charge is -2.21. The number of fused-ring (bicyclic) bond motifs is 1. The minimum Gasteiger partial charge on any atom is -0.481 e. The number of rotatable bonds is 10. The summed E-state index contributed by atoms with van der Waals surface area (Å²) in [6.07, 6.45) is 1.28. The van der Waals surface area contributed by atoms with E-state index in [9.17, 15) is 10.2 Å². The molecular weight excluding hydrogens is 603 g/mol.